The molecule has 0 aliphatic carbocycles. The van der Waals surface area contributed by atoms with Crippen molar-refractivity contribution in [2.75, 3.05) is 6.26 Å². The standard InChI is InChI=1S/C17H15NO3S/c1-11-3-8-16-14(9-11)15(10-19)17(18-16)12-4-6-13(7-5-12)22(2,20)21/h3-10,18H,1-2H3. The van der Waals surface area contributed by atoms with E-state index in [9.17, 15) is 13.2 Å². The van der Waals surface area contributed by atoms with E-state index in [4.69, 9.17) is 0 Å². The third-order valence-electron chi connectivity index (χ3n) is 3.68. The zero-order chi connectivity index (χ0) is 15.9. The predicted octanol–water partition coefficient (Wildman–Crippen LogP) is 3.36. The van der Waals surface area contributed by atoms with Crippen molar-refractivity contribution in [1.29, 1.82) is 0 Å². The summed E-state index contributed by atoms with van der Waals surface area (Å²) in [5.41, 5.74) is 4.04. The maximum Gasteiger partial charge on any atom is 0.175 e. The number of hydrogen-bond acceptors (Lipinski definition) is 3. The minimum absolute atomic E-state index is 0.260. The average molecular weight is 313 g/mol. The van der Waals surface area contributed by atoms with Gasteiger partial charge in [-0.05, 0) is 36.8 Å². The van der Waals surface area contributed by atoms with Gasteiger partial charge in [-0.15, -0.1) is 0 Å². The topological polar surface area (TPSA) is 67.0 Å². The molecule has 0 amide bonds. The summed E-state index contributed by atoms with van der Waals surface area (Å²) in [6, 6.07) is 12.4. The summed E-state index contributed by atoms with van der Waals surface area (Å²) in [6.45, 7) is 1.97. The van der Waals surface area contributed by atoms with Gasteiger partial charge in [0.15, 0.2) is 16.1 Å². The highest BCUT2D eigenvalue weighted by Gasteiger charge is 2.14. The van der Waals surface area contributed by atoms with Gasteiger partial charge in [-0.1, -0.05) is 23.8 Å². The summed E-state index contributed by atoms with van der Waals surface area (Å²) in [6.07, 6.45) is 2.00. The third kappa shape index (κ3) is 2.44. The van der Waals surface area contributed by atoms with E-state index >= 15 is 0 Å². The predicted molar refractivity (Wildman–Crippen MR) is 87.0 cm³/mol. The molecule has 0 aliphatic heterocycles. The first-order valence-corrected chi connectivity index (χ1v) is 8.67. The van der Waals surface area contributed by atoms with Gasteiger partial charge in [-0.3, -0.25) is 4.79 Å². The van der Waals surface area contributed by atoms with Gasteiger partial charge in [0.25, 0.3) is 0 Å². The average Bonchev–Trinajstić information content (AvgIpc) is 2.84. The molecule has 0 bridgehead atoms. The lowest BCUT2D eigenvalue weighted by Gasteiger charge is -2.02. The van der Waals surface area contributed by atoms with E-state index in [0.717, 1.165) is 28.3 Å². The van der Waals surface area contributed by atoms with E-state index in [2.05, 4.69) is 4.98 Å². The van der Waals surface area contributed by atoms with Crippen molar-refractivity contribution in [3.8, 4) is 11.3 Å². The first-order chi connectivity index (χ1) is 10.4. The Bertz CT molecular complexity index is 967. The molecule has 0 saturated carbocycles. The molecule has 0 aliphatic rings. The zero-order valence-electron chi connectivity index (χ0n) is 12.3. The number of benzene rings is 2. The summed E-state index contributed by atoms with van der Waals surface area (Å²) in [4.78, 5) is 15.0. The van der Waals surface area contributed by atoms with Gasteiger partial charge in [-0.2, -0.15) is 0 Å². The largest absolute Gasteiger partial charge is 0.354 e. The Hall–Kier alpha value is -2.40. The highest BCUT2D eigenvalue weighted by Crippen LogP contribution is 2.30. The van der Waals surface area contributed by atoms with Gasteiger partial charge < -0.3 is 4.98 Å². The van der Waals surface area contributed by atoms with Crippen molar-refractivity contribution in [2.45, 2.75) is 11.8 Å². The highest BCUT2D eigenvalue weighted by molar-refractivity contribution is 7.90. The Kier molecular flexibility index (Phi) is 3.37. The Labute approximate surface area is 128 Å². The van der Waals surface area contributed by atoms with E-state index in [-0.39, 0.29) is 4.90 Å². The Balaban J connectivity index is 2.19. The van der Waals surface area contributed by atoms with Gasteiger partial charge in [0.2, 0.25) is 0 Å². The second-order valence-electron chi connectivity index (χ2n) is 5.38. The maximum atomic E-state index is 11.5. The van der Waals surface area contributed by atoms with Crippen LogP contribution in [0.3, 0.4) is 0 Å². The second kappa shape index (κ2) is 5.10. The number of H-pyrrole nitrogens is 1. The molecule has 0 radical (unpaired) electrons. The van der Waals surface area contributed by atoms with Crippen LogP contribution in [0.1, 0.15) is 15.9 Å². The fraction of sp³-hybridized carbons (Fsp3) is 0.118. The number of aldehydes is 1. The maximum absolute atomic E-state index is 11.5. The highest BCUT2D eigenvalue weighted by atomic mass is 32.2. The van der Waals surface area contributed by atoms with Crippen molar-refractivity contribution in [3.63, 3.8) is 0 Å². The molecule has 1 N–H and O–H groups in total. The number of hydrogen-bond donors (Lipinski definition) is 1. The van der Waals surface area contributed by atoms with Gasteiger partial charge in [0.1, 0.15) is 0 Å². The fourth-order valence-corrected chi connectivity index (χ4v) is 3.18. The van der Waals surface area contributed by atoms with Crippen LogP contribution in [0, 0.1) is 6.92 Å². The first kappa shape index (κ1) is 14.5. The van der Waals surface area contributed by atoms with Crippen LogP contribution in [0.5, 0.6) is 0 Å². The smallest absolute Gasteiger partial charge is 0.175 e. The number of rotatable bonds is 3. The van der Waals surface area contributed by atoms with Crippen molar-refractivity contribution < 1.29 is 13.2 Å². The molecule has 1 heterocycles. The normalized spacial score (nSPS) is 11.7. The van der Waals surface area contributed by atoms with Gasteiger partial charge in [0, 0.05) is 22.7 Å². The van der Waals surface area contributed by atoms with Crippen LogP contribution in [-0.2, 0) is 9.84 Å². The van der Waals surface area contributed by atoms with Gasteiger partial charge in [0.05, 0.1) is 10.6 Å². The number of aryl methyl sites for hydroxylation is 1. The number of aromatic amines is 1. The van der Waals surface area contributed by atoms with Crippen molar-refractivity contribution in [3.05, 3.63) is 53.6 Å². The molecular weight excluding hydrogens is 298 g/mol. The number of nitrogens with one attached hydrogen (secondary N) is 1. The molecule has 0 unspecified atom stereocenters. The molecule has 0 atom stereocenters. The van der Waals surface area contributed by atoms with Crippen LogP contribution in [0.15, 0.2) is 47.4 Å². The number of aromatic nitrogens is 1. The fourth-order valence-electron chi connectivity index (χ4n) is 2.55. The number of fused-ring (bicyclic) bond motifs is 1. The molecule has 22 heavy (non-hydrogen) atoms. The molecule has 2 aromatic carbocycles. The van der Waals surface area contributed by atoms with Crippen LogP contribution in [0.2, 0.25) is 0 Å². The lowest BCUT2D eigenvalue weighted by Crippen LogP contribution is -1.96. The molecule has 1 aromatic heterocycles. The van der Waals surface area contributed by atoms with Crippen molar-refractivity contribution >= 4 is 27.0 Å². The molecule has 0 spiro atoms. The summed E-state index contributed by atoms with van der Waals surface area (Å²) in [5, 5.41) is 0.872. The molecular formula is C17H15NO3S. The van der Waals surface area contributed by atoms with E-state index in [1.165, 1.54) is 6.26 Å². The molecule has 0 saturated heterocycles. The molecule has 112 valence electrons. The third-order valence-corrected chi connectivity index (χ3v) is 4.81. The van der Waals surface area contributed by atoms with Crippen LogP contribution in [0.4, 0.5) is 0 Å². The minimum Gasteiger partial charge on any atom is -0.354 e. The summed E-state index contributed by atoms with van der Waals surface area (Å²) in [5.74, 6) is 0. The van der Waals surface area contributed by atoms with Crippen LogP contribution in [0.25, 0.3) is 22.2 Å². The van der Waals surface area contributed by atoms with Crippen LogP contribution >= 0.6 is 0 Å². The van der Waals surface area contributed by atoms with E-state index in [0.29, 0.717) is 11.3 Å². The SMILES string of the molecule is Cc1ccc2[nH]c(-c3ccc(S(C)(=O)=O)cc3)c(C=O)c2c1. The molecule has 3 rings (SSSR count). The molecule has 0 fully saturated rings. The summed E-state index contributed by atoms with van der Waals surface area (Å²) < 4.78 is 23.0. The molecule has 3 aromatic rings. The Morgan fingerprint density at radius 3 is 2.32 bits per heavy atom. The first-order valence-electron chi connectivity index (χ1n) is 6.78. The molecule has 4 nitrogen and oxygen atoms in total. The van der Waals surface area contributed by atoms with E-state index in [1.807, 2.05) is 25.1 Å². The monoisotopic (exact) mass is 313 g/mol. The lowest BCUT2D eigenvalue weighted by atomic mass is 10.1. The van der Waals surface area contributed by atoms with Crippen LogP contribution < -0.4 is 0 Å². The summed E-state index contributed by atoms with van der Waals surface area (Å²) in [7, 11) is -3.23. The zero-order valence-corrected chi connectivity index (χ0v) is 13.1. The Morgan fingerprint density at radius 2 is 1.73 bits per heavy atom. The lowest BCUT2D eigenvalue weighted by molar-refractivity contribution is 0.112. The van der Waals surface area contributed by atoms with E-state index < -0.39 is 9.84 Å². The van der Waals surface area contributed by atoms with E-state index in [1.54, 1.807) is 24.3 Å². The van der Waals surface area contributed by atoms with Crippen molar-refractivity contribution in [2.24, 2.45) is 0 Å². The number of sulfone groups is 1. The van der Waals surface area contributed by atoms with Gasteiger partial charge in [-0.25, -0.2) is 8.42 Å². The summed E-state index contributed by atoms with van der Waals surface area (Å²) >= 11 is 0. The second-order valence-corrected chi connectivity index (χ2v) is 7.39. The number of carbonyl (C=O) groups is 1. The minimum atomic E-state index is -3.23. The Morgan fingerprint density at radius 1 is 1.05 bits per heavy atom. The van der Waals surface area contributed by atoms with Crippen LogP contribution in [-0.4, -0.2) is 25.9 Å². The van der Waals surface area contributed by atoms with Crippen molar-refractivity contribution in [1.82, 2.24) is 4.98 Å². The molecule has 5 heteroatoms. The van der Waals surface area contributed by atoms with Gasteiger partial charge >= 0.3 is 0 Å². The number of carbonyl (C=O) groups excluding carboxylic acids is 1. The quantitative estimate of drug-likeness (QED) is 0.754.